The number of likely N-dealkylation sites (tertiary alicyclic amines) is 1. The lowest BCUT2D eigenvalue weighted by Crippen LogP contribution is -2.57. The number of benzene rings is 1. The first kappa shape index (κ1) is 23.7. The summed E-state index contributed by atoms with van der Waals surface area (Å²) in [6.45, 7) is 6.61. The zero-order valence-electron chi connectivity index (χ0n) is 19.6. The molecule has 4 rings (SSSR count). The Hall–Kier alpha value is -2.42. The summed E-state index contributed by atoms with van der Waals surface area (Å²) < 4.78 is 13.6. The largest absolute Gasteiger partial charge is 0.481 e. The number of aromatic nitrogens is 2. The molecule has 1 spiro atoms. The van der Waals surface area contributed by atoms with Crippen LogP contribution in [0.5, 0.6) is 0 Å². The van der Waals surface area contributed by atoms with Crippen LogP contribution in [0.1, 0.15) is 30.4 Å². The number of piperidine rings is 1. The predicted octanol–water partition coefficient (Wildman–Crippen LogP) is 2.37. The molecule has 0 aliphatic carbocycles. The van der Waals surface area contributed by atoms with Crippen molar-refractivity contribution in [2.45, 2.75) is 37.7 Å². The molecule has 0 atom stereocenters. The van der Waals surface area contributed by atoms with Gasteiger partial charge in [0.25, 0.3) is 0 Å². The van der Waals surface area contributed by atoms with Crippen LogP contribution in [0.15, 0.2) is 36.5 Å². The predicted molar refractivity (Wildman–Crippen MR) is 127 cm³/mol. The van der Waals surface area contributed by atoms with Gasteiger partial charge in [-0.15, -0.1) is 0 Å². The van der Waals surface area contributed by atoms with Gasteiger partial charge < -0.3 is 24.4 Å². The minimum absolute atomic E-state index is 0.0488. The van der Waals surface area contributed by atoms with Crippen molar-refractivity contribution >= 4 is 11.8 Å². The van der Waals surface area contributed by atoms with Crippen LogP contribution in [0.25, 0.3) is 0 Å². The number of hydrogen-bond donors (Lipinski definition) is 1. The van der Waals surface area contributed by atoms with Crippen molar-refractivity contribution in [3.63, 3.8) is 0 Å². The highest BCUT2D eigenvalue weighted by Gasteiger charge is 2.40. The molecule has 0 amide bonds. The number of aryl methyl sites for hydroxylation is 1. The van der Waals surface area contributed by atoms with Gasteiger partial charge in [-0.05, 0) is 36.8 Å². The molecule has 2 fully saturated rings. The smallest absolute Gasteiger partial charge is 0.305 e. The van der Waals surface area contributed by atoms with Gasteiger partial charge in [0, 0.05) is 52.0 Å². The summed E-state index contributed by atoms with van der Waals surface area (Å²) in [4.78, 5) is 15.5. The Labute approximate surface area is 196 Å². The quantitative estimate of drug-likeness (QED) is 0.550. The van der Waals surface area contributed by atoms with Crippen molar-refractivity contribution in [1.82, 2.24) is 14.7 Å². The highest BCUT2D eigenvalue weighted by molar-refractivity contribution is 5.66. The normalized spacial score (nSPS) is 18.6. The maximum atomic E-state index is 10.5. The number of aliphatic carboxylic acids is 1. The second-order valence-electron chi connectivity index (χ2n) is 9.22. The van der Waals surface area contributed by atoms with Crippen LogP contribution in [-0.4, -0.2) is 83.9 Å². The monoisotopic (exact) mass is 456 g/mol. The number of hydrogen-bond acceptors (Lipinski definition) is 6. The maximum absolute atomic E-state index is 10.5. The molecular weight excluding hydrogens is 420 g/mol. The van der Waals surface area contributed by atoms with Gasteiger partial charge >= 0.3 is 5.97 Å². The van der Waals surface area contributed by atoms with E-state index < -0.39 is 5.97 Å². The van der Waals surface area contributed by atoms with Crippen molar-refractivity contribution < 1.29 is 19.4 Å². The Morgan fingerprint density at radius 3 is 2.67 bits per heavy atom. The van der Waals surface area contributed by atoms with Crippen molar-refractivity contribution in [3.8, 4) is 0 Å². The second-order valence-corrected chi connectivity index (χ2v) is 9.22. The van der Waals surface area contributed by atoms with E-state index in [-0.39, 0.29) is 18.6 Å². The van der Waals surface area contributed by atoms with E-state index in [9.17, 15) is 4.79 Å². The minimum Gasteiger partial charge on any atom is -0.481 e. The van der Waals surface area contributed by atoms with Crippen LogP contribution in [0.4, 0.5) is 5.82 Å². The fourth-order valence-corrected chi connectivity index (χ4v) is 4.78. The molecule has 180 valence electrons. The number of carboxylic acid groups (broad SMARTS) is 1. The Kier molecular flexibility index (Phi) is 8.01. The third kappa shape index (κ3) is 6.79. The second kappa shape index (κ2) is 11.1. The molecule has 2 aliphatic rings. The molecule has 3 heterocycles. The van der Waals surface area contributed by atoms with Gasteiger partial charge in [-0.1, -0.05) is 24.3 Å². The molecule has 2 aliphatic heterocycles. The standard InChI is InChI=1S/C25H36N4O4/c1-27-11-6-23(26-27)29-15-18-33-25(20-29)9-13-28(14-10-25)12-5-21-3-2-4-22(19-21)7-16-32-17-8-24(30)31/h2-4,6,11,19H,5,7-10,12-18,20H2,1H3,(H,30,31). The van der Waals surface area contributed by atoms with Gasteiger partial charge in [0.1, 0.15) is 0 Å². The third-order valence-electron chi connectivity index (χ3n) is 6.74. The van der Waals surface area contributed by atoms with Gasteiger partial charge in [0.05, 0.1) is 31.8 Å². The van der Waals surface area contributed by atoms with E-state index in [0.717, 1.165) is 70.8 Å². The molecule has 0 unspecified atom stereocenters. The molecular formula is C25H36N4O4. The van der Waals surface area contributed by atoms with Gasteiger partial charge in [-0.2, -0.15) is 5.10 Å². The number of rotatable bonds is 10. The lowest BCUT2D eigenvalue weighted by Gasteiger charge is -2.47. The number of carbonyl (C=O) groups is 1. The van der Waals surface area contributed by atoms with Crippen LogP contribution >= 0.6 is 0 Å². The van der Waals surface area contributed by atoms with Crippen LogP contribution in [-0.2, 0) is 34.2 Å². The van der Waals surface area contributed by atoms with Crippen molar-refractivity contribution in [2.24, 2.45) is 7.05 Å². The molecule has 0 bridgehead atoms. The molecule has 1 N–H and O–H groups in total. The summed E-state index contributed by atoms with van der Waals surface area (Å²) in [5, 5.41) is 13.2. The molecule has 1 aromatic carbocycles. The van der Waals surface area contributed by atoms with Gasteiger partial charge in [0.15, 0.2) is 5.82 Å². The number of ether oxygens (including phenoxy) is 2. The summed E-state index contributed by atoms with van der Waals surface area (Å²) in [7, 11) is 1.96. The van der Waals surface area contributed by atoms with Crippen LogP contribution < -0.4 is 4.90 Å². The van der Waals surface area contributed by atoms with E-state index in [1.54, 1.807) is 0 Å². The van der Waals surface area contributed by atoms with E-state index in [1.807, 2.05) is 17.9 Å². The Bertz CT molecular complexity index is 907. The molecule has 2 saturated heterocycles. The fourth-order valence-electron chi connectivity index (χ4n) is 4.78. The zero-order chi connectivity index (χ0) is 23.1. The first-order chi connectivity index (χ1) is 16.0. The van der Waals surface area contributed by atoms with E-state index in [4.69, 9.17) is 14.6 Å². The zero-order valence-corrected chi connectivity index (χ0v) is 19.6. The van der Waals surface area contributed by atoms with Crippen LogP contribution in [0.3, 0.4) is 0 Å². The summed E-state index contributed by atoms with van der Waals surface area (Å²) in [6, 6.07) is 10.7. The van der Waals surface area contributed by atoms with E-state index >= 15 is 0 Å². The van der Waals surface area contributed by atoms with Crippen molar-refractivity contribution in [3.05, 3.63) is 47.7 Å². The average Bonchev–Trinajstić information content (AvgIpc) is 3.25. The lowest BCUT2D eigenvalue weighted by atomic mass is 9.89. The van der Waals surface area contributed by atoms with Crippen LogP contribution in [0, 0.1) is 0 Å². The summed E-state index contributed by atoms with van der Waals surface area (Å²) in [5.74, 6) is 0.232. The molecule has 0 radical (unpaired) electrons. The molecule has 8 nitrogen and oxygen atoms in total. The van der Waals surface area contributed by atoms with Crippen molar-refractivity contribution in [1.29, 1.82) is 0 Å². The highest BCUT2D eigenvalue weighted by Crippen LogP contribution is 2.31. The fraction of sp³-hybridized carbons (Fsp3) is 0.600. The molecule has 33 heavy (non-hydrogen) atoms. The molecule has 0 saturated carbocycles. The first-order valence-corrected chi connectivity index (χ1v) is 12.0. The molecule has 2 aromatic rings. The SMILES string of the molecule is Cn1ccc(N2CCOC3(CCN(CCc4cccc(CCOCCC(=O)O)c4)CC3)C2)n1. The first-order valence-electron chi connectivity index (χ1n) is 12.0. The Morgan fingerprint density at radius 2 is 1.94 bits per heavy atom. The summed E-state index contributed by atoms with van der Waals surface area (Å²) >= 11 is 0. The highest BCUT2D eigenvalue weighted by atomic mass is 16.5. The van der Waals surface area contributed by atoms with E-state index in [1.165, 1.54) is 11.1 Å². The van der Waals surface area contributed by atoms with E-state index in [0.29, 0.717) is 6.61 Å². The number of nitrogens with zero attached hydrogens (tertiary/aromatic N) is 4. The molecule has 1 aromatic heterocycles. The minimum atomic E-state index is -0.818. The number of carboxylic acids is 1. The summed E-state index contributed by atoms with van der Waals surface area (Å²) in [6.07, 6.45) is 6.02. The lowest BCUT2D eigenvalue weighted by molar-refractivity contribution is -0.138. The van der Waals surface area contributed by atoms with Gasteiger partial charge in [-0.25, -0.2) is 0 Å². The number of morpholine rings is 1. The summed E-state index contributed by atoms with van der Waals surface area (Å²) in [5.41, 5.74) is 2.53. The third-order valence-corrected chi connectivity index (χ3v) is 6.74. The van der Waals surface area contributed by atoms with E-state index in [2.05, 4.69) is 45.2 Å². The molecule has 8 heteroatoms. The Morgan fingerprint density at radius 1 is 1.15 bits per heavy atom. The van der Waals surface area contributed by atoms with Crippen LogP contribution in [0.2, 0.25) is 0 Å². The van der Waals surface area contributed by atoms with Gasteiger partial charge in [0.2, 0.25) is 0 Å². The van der Waals surface area contributed by atoms with Gasteiger partial charge in [-0.3, -0.25) is 9.48 Å². The Balaban J connectivity index is 1.20. The topological polar surface area (TPSA) is 80.1 Å². The maximum Gasteiger partial charge on any atom is 0.305 e. The van der Waals surface area contributed by atoms with Crippen molar-refractivity contribution in [2.75, 3.05) is 57.4 Å². The number of anilines is 1. The average molecular weight is 457 g/mol.